The summed E-state index contributed by atoms with van der Waals surface area (Å²) in [6.45, 7) is 2.70. The number of tetrazole rings is 1. The molecular weight excluding hydrogens is 345 g/mol. The first-order valence-corrected chi connectivity index (χ1v) is 6.61. The SMILES string of the molecule is CCCn1nnnc1NC(=O)c1cccc(I)c1. The van der Waals surface area contributed by atoms with Crippen LogP contribution in [0.5, 0.6) is 0 Å². The second kappa shape index (κ2) is 5.89. The van der Waals surface area contributed by atoms with Gasteiger partial charge >= 0.3 is 0 Å². The van der Waals surface area contributed by atoms with Crippen LogP contribution in [0.15, 0.2) is 24.3 Å². The molecular formula is C11H12IN5O. The molecule has 0 saturated carbocycles. The van der Waals surface area contributed by atoms with Crippen molar-refractivity contribution >= 4 is 34.4 Å². The lowest BCUT2D eigenvalue weighted by molar-refractivity contribution is 0.102. The molecule has 0 spiro atoms. The fourth-order valence-corrected chi connectivity index (χ4v) is 2.00. The minimum absolute atomic E-state index is 0.208. The van der Waals surface area contributed by atoms with Gasteiger partial charge in [0.15, 0.2) is 0 Å². The molecule has 0 saturated heterocycles. The number of nitrogens with zero attached hydrogens (tertiary/aromatic N) is 4. The van der Waals surface area contributed by atoms with Crippen molar-refractivity contribution in [1.82, 2.24) is 20.2 Å². The Labute approximate surface area is 118 Å². The molecule has 0 aliphatic heterocycles. The number of halogens is 1. The van der Waals surface area contributed by atoms with Gasteiger partial charge in [0.25, 0.3) is 5.91 Å². The van der Waals surface area contributed by atoms with Crippen LogP contribution in [-0.2, 0) is 6.54 Å². The summed E-state index contributed by atoms with van der Waals surface area (Å²) in [7, 11) is 0. The first-order valence-electron chi connectivity index (χ1n) is 5.54. The second-order valence-corrected chi connectivity index (χ2v) is 4.94. The van der Waals surface area contributed by atoms with Crippen LogP contribution >= 0.6 is 22.6 Å². The highest BCUT2D eigenvalue weighted by Crippen LogP contribution is 2.10. The summed E-state index contributed by atoms with van der Waals surface area (Å²) in [5.41, 5.74) is 0.591. The van der Waals surface area contributed by atoms with Gasteiger partial charge in [-0.05, 0) is 57.6 Å². The van der Waals surface area contributed by atoms with E-state index in [0.29, 0.717) is 18.1 Å². The van der Waals surface area contributed by atoms with Crippen molar-refractivity contribution in [2.75, 3.05) is 5.32 Å². The Morgan fingerprint density at radius 2 is 2.33 bits per heavy atom. The number of anilines is 1. The van der Waals surface area contributed by atoms with E-state index in [-0.39, 0.29) is 5.91 Å². The zero-order valence-electron chi connectivity index (χ0n) is 9.80. The zero-order chi connectivity index (χ0) is 13.0. The molecule has 6 nitrogen and oxygen atoms in total. The third kappa shape index (κ3) is 3.03. The Bertz CT molecular complexity index is 554. The quantitative estimate of drug-likeness (QED) is 0.849. The lowest BCUT2D eigenvalue weighted by Gasteiger charge is -2.05. The Morgan fingerprint density at radius 1 is 1.50 bits per heavy atom. The summed E-state index contributed by atoms with van der Waals surface area (Å²) in [5, 5.41) is 13.9. The molecule has 0 bridgehead atoms. The summed E-state index contributed by atoms with van der Waals surface area (Å²) in [6, 6.07) is 7.33. The Balaban J connectivity index is 2.14. The normalized spacial score (nSPS) is 10.3. The van der Waals surface area contributed by atoms with Gasteiger partial charge in [-0.25, -0.2) is 4.68 Å². The predicted octanol–water partition coefficient (Wildman–Crippen LogP) is 1.94. The van der Waals surface area contributed by atoms with Crippen LogP contribution < -0.4 is 5.32 Å². The maximum atomic E-state index is 12.0. The van der Waals surface area contributed by atoms with Crippen LogP contribution in [0.4, 0.5) is 5.95 Å². The monoisotopic (exact) mass is 357 g/mol. The van der Waals surface area contributed by atoms with E-state index in [2.05, 4.69) is 43.4 Å². The smallest absolute Gasteiger partial charge is 0.258 e. The highest BCUT2D eigenvalue weighted by Gasteiger charge is 2.11. The van der Waals surface area contributed by atoms with Crippen LogP contribution in [0.2, 0.25) is 0 Å². The molecule has 0 fully saturated rings. The number of aryl methyl sites for hydroxylation is 1. The van der Waals surface area contributed by atoms with Crippen LogP contribution in [0.3, 0.4) is 0 Å². The van der Waals surface area contributed by atoms with Gasteiger partial charge in [0.05, 0.1) is 0 Å². The number of rotatable bonds is 4. The largest absolute Gasteiger partial charge is 0.289 e. The molecule has 1 aromatic heterocycles. The van der Waals surface area contributed by atoms with Crippen molar-refractivity contribution in [3.63, 3.8) is 0 Å². The number of aromatic nitrogens is 4. The van der Waals surface area contributed by atoms with Gasteiger partial charge in [-0.15, -0.1) is 0 Å². The molecule has 1 amide bonds. The predicted molar refractivity (Wildman–Crippen MR) is 75.2 cm³/mol. The van der Waals surface area contributed by atoms with E-state index < -0.39 is 0 Å². The number of hydrogen-bond donors (Lipinski definition) is 1. The first-order chi connectivity index (χ1) is 8.70. The summed E-state index contributed by atoms with van der Waals surface area (Å²) < 4.78 is 2.58. The molecule has 1 heterocycles. The molecule has 94 valence electrons. The molecule has 0 aliphatic carbocycles. The molecule has 0 unspecified atom stereocenters. The number of benzene rings is 1. The lowest BCUT2D eigenvalue weighted by Crippen LogP contribution is -2.16. The summed E-state index contributed by atoms with van der Waals surface area (Å²) >= 11 is 2.16. The molecule has 2 aromatic rings. The minimum atomic E-state index is -0.208. The molecule has 7 heteroatoms. The topological polar surface area (TPSA) is 72.7 Å². The molecule has 2 rings (SSSR count). The molecule has 0 aliphatic rings. The molecule has 1 aromatic carbocycles. The third-order valence-corrected chi connectivity index (χ3v) is 2.95. The van der Waals surface area contributed by atoms with E-state index in [1.165, 1.54) is 0 Å². The average Bonchev–Trinajstić information content (AvgIpc) is 2.77. The van der Waals surface area contributed by atoms with Gasteiger partial charge in [-0.2, -0.15) is 0 Å². The number of nitrogens with one attached hydrogen (secondary N) is 1. The molecule has 1 N–H and O–H groups in total. The third-order valence-electron chi connectivity index (χ3n) is 2.28. The maximum absolute atomic E-state index is 12.0. The summed E-state index contributed by atoms with van der Waals surface area (Å²) in [6.07, 6.45) is 0.900. The maximum Gasteiger partial charge on any atom is 0.258 e. The van der Waals surface area contributed by atoms with Crippen LogP contribution in [-0.4, -0.2) is 26.1 Å². The number of hydrogen-bond acceptors (Lipinski definition) is 4. The van der Waals surface area contributed by atoms with Gasteiger partial charge in [0, 0.05) is 15.7 Å². The van der Waals surface area contributed by atoms with Crippen molar-refractivity contribution in [3.05, 3.63) is 33.4 Å². The fraction of sp³-hybridized carbons (Fsp3) is 0.273. The first kappa shape index (κ1) is 12.9. The highest BCUT2D eigenvalue weighted by molar-refractivity contribution is 14.1. The van der Waals surface area contributed by atoms with Crippen molar-refractivity contribution in [2.24, 2.45) is 0 Å². The van der Waals surface area contributed by atoms with Crippen molar-refractivity contribution < 1.29 is 4.79 Å². The van der Waals surface area contributed by atoms with Crippen molar-refractivity contribution in [3.8, 4) is 0 Å². The van der Waals surface area contributed by atoms with E-state index in [0.717, 1.165) is 9.99 Å². The van der Waals surface area contributed by atoms with E-state index in [1.807, 2.05) is 25.1 Å². The minimum Gasteiger partial charge on any atom is -0.289 e. The van der Waals surface area contributed by atoms with Gasteiger partial charge in [0.2, 0.25) is 5.95 Å². The molecule has 18 heavy (non-hydrogen) atoms. The van der Waals surface area contributed by atoms with Gasteiger partial charge in [-0.3, -0.25) is 10.1 Å². The van der Waals surface area contributed by atoms with Gasteiger partial charge in [0.1, 0.15) is 0 Å². The fourth-order valence-electron chi connectivity index (χ4n) is 1.46. The zero-order valence-corrected chi connectivity index (χ0v) is 12.0. The van der Waals surface area contributed by atoms with E-state index in [1.54, 1.807) is 10.7 Å². The number of carbonyl (C=O) groups is 1. The summed E-state index contributed by atoms with van der Waals surface area (Å²) in [5.74, 6) is 0.168. The number of amides is 1. The average molecular weight is 357 g/mol. The van der Waals surface area contributed by atoms with Gasteiger partial charge in [-0.1, -0.05) is 18.1 Å². The van der Waals surface area contributed by atoms with E-state index in [9.17, 15) is 4.79 Å². The standard InChI is InChI=1S/C11H12IN5O/c1-2-6-17-11(14-15-16-17)13-10(18)8-4-3-5-9(12)7-8/h3-5,7H,2,6H2,1H3,(H,13,14,16,18). The number of carbonyl (C=O) groups excluding carboxylic acids is 1. The molecule has 0 radical (unpaired) electrons. The van der Waals surface area contributed by atoms with Crippen LogP contribution in [0.25, 0.3) is 0 Å². The van der Waals surface area contributed by atoms with Gasteiger partial charge < -0.3 is 0 Å². The Kier molecular flexibility index (Phi) is 4.24. The lowest BCUT2D eigenvalue weighted by atomic mass is 10.2. The Morgan fingerprint density at radius 3 is 3.06 bits per heavy atom. The van der Waals surface area contributed by atoms with E-state index in [4.69, 9.17) is 0 Å². The summed E-state index contributed by atoms with van der Waals surface area (Å²) in [4.78, 5) is 12.0. The highest BCUT2D eigenvalue weighted by atomic mass is 127. The van der Waals surface area contributed by atoms with Crippen LogP contribution in [0, 0.1) is 3.57 Å². The van der Waals surface area contributed by atoms with E-state index >= 15 is 0 Å². The van der Waals surface area contributed by atoms with Crippen molar-refractivity contribution in [2.45, 2.75) is 19.9 Å². The Hall–Kier alpha value is -1.51. The van der Waals surface area contributed by atoms with Crippen LogP contribution in [0.1, 0.15) is 23.7 Å². The second-order valence-electron chi connectivity index (χ2n) is 3.69. The molecule has 0 atom stereocenters. The van der Waals surface area contributed by atoms with Crippen molar-refractivity contribution in [1.29, 1.82) is 0 Å².